The molecule has 0 bridgehead atoms. The second-order valence-electron chi connectivity index (χ2n) is 6.81. The number of benzene rings is 2. The van der Waals surface area contributed by atoms with Crippen molar-refractivity contribution in [1.29, 1.82) is 0 Å². The van der Waals surface area contributed by atoms with Crippen LogP contribution in [-0.4, -0.2) is 65.5 Å². The van der Waals surface area contributed by atoms with Crippen LogP contribution in [0.15, 0.2) is 30.3 Å². The maximum absolute atomic E-state index is 13.0. The van der Waals surface area contributed by atoms with Gasteiger partial charge in [-0.1, -0.05) is 12.1 Å². The number of imide groups is 1. The molecule has 9 nitrogen and oxygen atoms in total. The molecule has 0 aliphatic carbocycles. The smallest absolute Gasteiger partial charge is 0.396 e. The third-order valence-corrected chi connectivity index (χ3v) is 5.11. The van der Waals surface area contributed by atoms with Gasteiger partial charge in [-0.05, 0) is 18.2 Å². The summed E-state index contributed by atoms with van der Waals surface area (Å²) in [7, 11) is -0.983. The zero-order chi connectivity index (χ0) is 20.6. The van der Waals surface area contributed by atoms with E-state index >= 15 is 0 Å². The maximum Gasteiger partial charge on any atom is 0.469 e. The van der Waals surface area contributed by atoms with E-state index in [1.165, 1.54) is 0 Å². The number of rotatable bonds is 7. The Kier molecular flexibility index (Phi) is 5.56. The van der Waals surface area contributed by atoms with Gasteiger partial charge in [-0.25, -0.2) is 4.57 Å². The van der Waals surface area contributed by atoms with Crippen molar-refractivity contribution < 1.29 is 33.6 Å². The van der Waals surface area contributed by atoms with Gasteiger partial charge in [0.15, 0.2) is 0 Å². The number of hydrogen-bond donors (Lipinski definition) is 3. The fourth-order valence-corrected chi connectivity index (χ4v) is 3.72. The van der Waals surface area contributed by atoms with Crippen molar-refractivity contribution in [2.24, 2.45) is 5.92 Å². The van der Waals surface area contributed by atoms with Crippen LogP contribution in [0.2, 0.25) is 0 Å². The SMILES string of the molecule is CN(C)c1ccc2c3c(cccc13)C(=O)N(CC(CO)COP(=O)(O)O)C2=O. The van der Waals surface area contributed by atoms with E-state index in [0.717, 1.165) is 16.0 Å². The summed E-state index contributed by atoms with van der Waals surface area (Å²) in [6, 6.07) is 8.67. The fraction of sp³-hybridized carbons (Fsp3) is 0.333. The molecule has 1 heterocycles. The normalized spacial score (nSPS) is 15.2. The molecule has 10 heteroatoms. The second kappa shape index (κ2) is 7.62. The fourth-order valence-electron chi connectivity index (χ4n) is 3.31. The van der Waals surface area contributed by atoms with Crippen molar-refractivity contribution in [3.8, 4) is 0 Å². The van der Waals surface area contributed by atoms with Crippen molar-refractivity contribution >= 4 is 36.1 Å². The van der Waals surface area contributed by atoms with Crippen molar-refractivity contribution in [3.05, 3.63) is 41.5 Å². The van der Waals surface area contributed by atoms with E-state index in [4.69, 9.17) is 9.79 Å². The van der Waals surface area contributed by atoms with Gasteiger partial charge < -0.3 is 19.8 Å². The van der Waals surface area contributed by atoms with Gasteiger partial charge in [-0.15, -0.1) is 0 Å². The molecule has 1 aliphatic heterocycles. The molecule has 2 amide bonds. The Morgan fingerprint density at radius 2 is 1.75 bits per heavy atom. The minimum absolute atomic E-state index is 0.223. The highest BCUT2D eigenvalue weighted by atomic mass is 31.2. The summed E-state index contributed by atoms with van der Waals surface area (Å²) in [4.78, 5) is 46.5. The van der Waals surface area contributed by atoms with Gasteiger partial charge in [0, 0.05) is 60.8 Å². The van der Waals surface area contributed by atoms with Gasteiger partial charge in [-0.2, -0.15) is 0 Å². The minimum atomic E-state index is -4.72. The standard InChI is InChI=1S/C18H21N2O7P/c1-19(2)15-7-6-14-16-12(15)4-3-5-13(16)17(22)20(18(14)23)8-11(9-21)10-27-28(24,25)26/h3-7,11,21H,8-10H2,1-2H3,(H2,24,25,26). The molecule has 3 N–H and O–H groups in total. The molecule has 0 fully saturated rings. The van der Waals surface area contributed by atoms with Crippen LogP contribution in [-0.2, 0) is 9.09 Å². The number of carbonyl (C=O) groups excluding carboxylic acids is 2. The van der Waals surface area contributed by atoms with E-state index in [-0.39, 0.29) is 6.54 Å². The Morgan fingerprint density at radius 1 is 1.11 bits per heavy atom. The molecule has 150 valence electrons. The van der Waals surface area contributed by atoms with Gasteiger partial charge in [0.1, 0.15) is 0 Å². The molecule has 2 aromatic rings. The summed E-state index contributed by atoms with van der Waals surface area (Å²) in [5.41, 5.74) is 1.60. The number of aliphatic hydroxyl groups excluding tert-OH is 1. The van der Waals surface area contributed by atoms with Crippen LogP contribution in [0.25, 0.3) is 10.8 Å². The number of anilines is 1. The molecular weight excluding hydrogens is 387 g/mol. The summed E-state index contributed by atoms with van der Waals surface area (Å²) in [6.45, 7) is -1.22. The lowest BCUT2D eigenvalue weighted by atomic mass is 9.92. The summed E-state index contributed by atoms with van der Waals surface area (Å²) in [5.74, 6) is -1.87. The average molecular weight is 408 g/mol. The Balaban J connectivity index is 1.97. The molecule has 28 heavy (non-hydrogen) atoms. The van der Waals surface area contributed by atoms with E-state index in [9.17, 15) is 19.3 Å². The van der Waals surface area contributed by atoms with Crippen LogP contribution in [0.3, 0.4) is 0 Å². The average Bonchev–Trinajstić information content (AvgIpc) is 2.64. The third-order valence-electron chi connectivity index (χ3n) is 4.63. The van der Waals surface area contributed by atoms with E-state index in [1.807, 2.05) is 25.1 Å². The number of phosphoric acid groups is 1. The Morgan fingerprint density at radius 3 is 2.32 bits per heavy atom. The first kappa shape index (κ1) is 20.4. The van der Waals surface area contributed by atoms with Crippen molar-refractivity contribution in [2.45, 2.75) is 0 Å². The predicted octanol–water partition coefficient (Wildman–Crippen LogP) is 1.22. The first-order chi connectivity index (χ1) is 13.1. The van der Waals surface area contributed by atoms with Crippen LogP contribution in [0, 0.1) is 5.92 Å². The first-order valence-corrected chi connectivity index (χ1v) is 10.1. The topological polar surface area (TPSA) is 128 Å². The molecular formula is C18H21N2O7P. The second-order valence-corrected chi connectivity index (χ2v) is 8.05. The van der Waals surface area contributed by atoms with Gasteiger partial charge in [0.2, 0.25) is 0 Å². The maximum atomic E-state index is 13.0. The molecule has 1 unspecified atom stereocenters. The largest absolute Gasteiger partial charge is 0.469 e. The number of aliphatic hydroxyl groups is 1. The number of phosphoric ester groups is 1. The summed E-state index contributed by atoms with van der Waals surface area (Å²) < 4.78 is 15.3. The summed E-state index contributed by atoms with van der Waals surface area (Å²) in [6.07, 6.45) is 0. The predicted molar refractivity (Wildman–Crippen MR) is 102 cm³/mol. The third kappa shape index (κ3) is 3.80. The minimum Gasteiger partial charge on any atom is -0.396 e. The first-order valence-electron chi connectivity index (χ1n) is 8.54. The molecule has 1 aliphatic rings. The Bertz CT molecular complexity index is 963. The van der Waals surface area contributed by atoms with Gasteiger partial charge >= 0.3 is 7.82 Å². The lowest BCUT2D eigenvalue weighted by Crippen LogP contribution is -2.44. The van der Waals surface area contributed by atoms with E-state index in [2.05, 4.69) is 4.52 Å². The molecule has 0 saturated heterocycles. The highest BCUT2D eigenvalue weighted by Crippen LogP contribution is 2.37. The molecule has 1 atom stereocenters. The van der Waals surface area contributed by atoms with Crippen LogP contribution in [0.5, 0.6) is 0 Å². The highest BCUT2D eigenvalue weighted by Gasteiger charge is 2.35. The van der Waals surface area contributed by atoms with E-state index in [1.54, 1.807) is 24.3 Å². The molecule has 0 saturated carbocycles. The molecule has 0 aromatic heterocycles. The summed E-state index contributed by atoms with van der Waals surface area (Å²) >= 11 is 0. The highest BCUT2D eigenvalue weighted by molar-refractivity contribution is 7.46. The van der Waals surface area contributed by atoms with Gasteiger partial charge in [-0.3, -0.25) is 19.0 Å². The Hall–Kier alpha value is -2.29. The number of amides is 2. The zero-order valence-electron chi connectivity index (χ0n) is 15.4. The van der Waals surface area contributed by atoms with E-state index < -0.39 is 38.8 Å². The molecule has 3 rings (SSSR count). The van der Waals surface area contributed by atoms with Gasteiger partial charge in [0.05, 0.1) is 6.61 Å². The number of carbonyl (C=O) groups is 2. The molecule has 0 radical (unpaired) electrons. The lowest BCUT2D eigenvalue weighted by molar-refractivity contribution is 0.0521. The summed E-state index contributed by atoms with van der Waals surface area (Å²) in [5, 5.41) is 10.8. The molecule has 0 spiro atoms. The van der Waals surface area contributed by atoms with Crippen LogP contribution in [0.4, 0.5) is 5.69 Å². The number of nitrogens with zero attached hydrogens (tertiary/aromatic N) is 2. The quantitative estimate of drug-likeness (QED) is 0.461. The Labute approximate surface area is 161 Å². The van der Waals surface area contributed by atoms with Crippen molar-refractivity contribution in [1.82, 2.24) is 4.90 Å². The van der Waals surface area contributed by atoms with Crippen molar-refractivity contribution in [2.75, 3.05) is 38.8 Å². The zero-order valence-corrected chi connectivity index (χ0v) is 16.3. The lowest BCUT2D eigenvalue weighted by Gasteiger charge is -2.30. The number of hydrogen-bond acceptors (Lipinski definition) is 6. The van der Waals surface area contributed by atoms with Crippen LogP contribution < -0.4 is 4.90 Å². The molecule has 2 aromatic carbocycles. The van der Waals surface area contributed by atoms with Gasteiger partial charge in [0.25, 0.3) is 11.8 Å². The monoisotopic (exact) mass is 408 g/mol. The van der Waals surface area contributed by atoms with Crippen LogP contribution >= 0.6 is 7.82 Å². The van der Waals surface area contributed by atoms with Crippen molar-refractivity contribution in [3.63, 3.8) is 0 Å². The van der Waals surface area contributed by atoms with E-state index in [0.29, 0.717) is 16.5 Å². The van der Waals surface area contributed by atoms with Crippen LogP contribution in [0.1, 0.15) is 20.7 Å².